The van der Waals surface area contributed by atoms with E-state index in [2.05, 4.69) is 5.32 Å². The third kappa shape index (κ3) is 6.63. The number of carbonyl (C=O) groups is 2. The Balaban J connectivity index is 4.03. The predicted octanol–water partition coefficient (Wildman–Crippen LogP) is 0.595. The molecule has 0 aromatic carbocycles. The Kier molecular flexibility index (Phi) is 7.08. The second-order valence-electron chi connectivity index (χ2n) is 4.11. The van der Waals surface area contributed by atoms with Crippen LogP contribution in [0.5, 0.6) is 0 Å². The molecular formula is C10H18ClNO4. The lowest BCUT2D eigenvalue weighted by atomic mass is 9.87. The number of aliphatic carboxylic acids is 1. The Morgan fingerprint density at radius 1 is 1.44 bits per heavy atom. The number of aliphatic hydroxyl groups is 1. The minimum atomic E-state index is -0.994. The van der Waals surface area contributed by atoms with Crippen molar-refractivity contribution in [1.82, 2.24) is 5.32 Å². The van der Waals surface area contributed by atoms with Gasteiger partial charge in [-0.1, -0.05) is 6.92 Å². The molecule has 0 rings (SSSR count). The van der Waals surface area contributed by atoms with E-state index < -0.39 is 11.4 Å². The van der Waals surface area contributed by atoms with E-state index in [0.29, 0.717) is 18.7 Å². The number of nitrogens with one attached hydrogen (secondary N) is 1. The molecule has 16 heavy (non-hydrogen) atoms. The van der Waals surface area contributed by atoms with Crippen LogP contribution in [-0.4, -0.2) is 41.1 Å². The first-order valence-electron chi connectivity index (χ1n) is 5.09. The number of hydrogen-bond donors (Lipinski definition) is 3. The number of hydrogen-bond acceptors (Lipinski definition) is 3. The van der Waals surface area contributed by atoms with Crippen LogP contribution in [0.3, 0.4) is 0 Å². The van der Waals surface area contributed by atoms with Gasteiger partial charge < -0.3 is 15.5 Å². The molecule has 0 saturated carbocycles. The van der Waals surface area contributed by atoms with Gasteiger partial charge in [-0.05, 0) is 6.42 Å². The van der Waals surface area contributed by atoms with Crippen molar-refractivity contribution in [2.45, 2.75) is 26.2 Å². The Bertz CT molecular complexity index is 247. The molecule has 1 amide bonds. The van der Waals surface area contributed by atoms with Crippen molar-refractivity contribution in [1.29, 1.82) is 0 Å². The fraction of sp³-hybridized carbons (Fsp3) is 0.800. The van der Waals surface area contributed by atoms with E-state index >= 15 is 0 Å². The smallest absolute Gasteiger partial charge is 0.304 e. The number of rotatable bonds is 8. The molecule has 0 aliphatic carbocycles. The van der Waals surface area contributed by atoms with Crippen LogP contribution in [0.2, 0.25) is 0 Å². The van der Waals surface area contributed by atoms with Crippen LogP contribution < -0.4 is 5.32 Å². The van der Waals surface area contributed by atoms with Gasteiger partial charge in [0, 0.05) is 24.3 Å². The first kappa shape index (κ1) is 15.2. The van der Waals surface area contributed by atoms with Crippen molar-refractivity contribution >= 4 is 23.5 Å². The molecule has 94 valence electrons. The van der Waals surface area contributed by atoms with Gasteiger partial charge in [0.1, 0.15) is 0 Å². The van der Waals surface area contributed by atoms with Gasteiger partial charge in [0.2, 0.25) is 5.91 Å². The van der Waals surface area contributed by atoms with Crippen molar-refractivity contribution in [2.75, 3.05) is 19.0 Å². The zero-order valence-electron chi connectivity index (χ0n) is 9.33. The molecule has 0 aliphatic heterocycles. The first-order valence-corrected chi connectivity index (χ1v) is 5.62. The predicted molar refractivity (Wildman–Crippen MR) is 60.4 cm³/mol. The van der Waals surface area contributed by atoms with Crippen LogP contribution in [0.4, 0.5) is 0 Å². The molecule has 5 nitrogen and oxygen atoms in total. The molecule has 0 aromatic rings. The number of halogens is 1. The Labute approximate surface area is 99.8 Å². The Morgan fingerprint density at radius 2 is 2.06 bits per heavy atom. The van der Waals surface area contributed by atoms with Gasteiger partial charge in [-0.3, -0.25) is 9.59 Å². The van der Waals surface area contributed by atoms with Crippen molar-refractivity contribution in [3.8, 4) is 0 Å². The first-order chi connectivity index (χ1) is 7.43. The average Bonchev–Trinajstić information content (AvgIpc) is 2.22. The molecule has 0 heterocycles. The fourth-order valence-electron chi connectivity index (χ4n) is 1.17. The molecule has 3 N–H and O–H groups in total. The van der Waals surface area contributed by atoms with Gasteiger partial charge in [0.05, 0.1) is 13.0 Å². The highest BCUT2D eigenvalue weighted by Crippen LogP contribution is 2.19. The van der Waals surface area contributed by atoms with Crippen molar-refractivity contribution in [3.63, 3.8) is 0 Å². The molecule has 0 aliphatic rings. The van der Waals surface area contributed by atoms with E-state index in [0.717, 1.165) is 0 Å². The van der Waals surface area contributed by atoms with E-state index in [1.165, 1.54) is 0 Å². The van der Waals surface area contributed by atoms with Gasteiger partial charge >= 0.3 is 5.97 Å². The van der Waals surface area contributed by atoms with E-state index in [4.69, 9.17) is 21.8 Å². The summed E-state index contributed by atoms with van der Waals surface area (Å²) in [5.74, 6) is -0.753. The summed E-state index contributed by atoms with van der Waals surface area (Å²) in [5, 5.41) is 20.3. The van der Waals surface area contributed by atoms with E-state index in [1.54, 1.807) is 6.92 Å². The van der Waals surface area contributed by atoms with Crippen LogP contribution in [0.1, 0.15) is 26.2 Å². The van der Waals surface area contributed by atoms with Gasteiger partial charge in [0.15, 0.2) is 0 Å². The van der Waals surface area contributed by atoms with Crippen LogP contribution in [0, 0.1) is 5.41 Å². The number of carboxylic acid groups (broad SMARTS) is 1. The third-order valence-corrected chi connectivity index (χ3v) is 2.48. The standard InChI is InChI=1S/C10H18ClNO4/c1-10(7-13,5-9(15)16)6-12-8(14)3-2-4-11/h13H,2-7H2,1H3,(H,12,14)(H,15,16). The highest BCUT2D eigenvalue weighted by atomic mass is 35.5. The molecule has 6 heteroatoms. The van der Waals surface area contributed by atoms with Crippen LogP contribution in [-0.2, 0) is 9.59 Å². The minimum absolute atomic E-state index is 0.150. The normalized spacial score (nSPS) is 14.2. The number of amides is 1. The molecule has 1 unspecified atom stereocenters. The lowest BCUT2D eigenvalue weighted by Gasteiger charge is -2.25. The van der Waals surface area contributed by atoms with Crippen molar-refractivity contribution in [2.24, 2.45) is 5.41 Å². The zero-order chi connectivity index (χ0) is 12.6. The number of aliphatic hydroxyl groups excluding tert-OH is 1. The minimum Gasteiger partial charge on any atom is -0.481 e. The quantitative estimate of drug-likeness (QED) is 0.551. The maximum Gasteiger partial charge on any atom is 0.304 e. The number of carboxylic acids is 1. The van der Waals surface area contributed by atoms with Crippen molar-refractivity contribution < 1.29 is 19.8 Å². The maximum absolute atomic E-state index is 11.3. The van der Waals surface area contributed by atoms with E-state index in [9.17, 15) is 9.59 Å². The summed E-state index contributed by atoms with van der Waals surface area (Å²) < 4.78 is 0. The zero-order valence-corrected chi connectivity index (χ0v) is 10.1. The summed E-state index contributed by atoms with van der Waals surface area (Å²) in [6, 6.07) is 0. The monoisotopic (exact) mass is 251 g/mol. The summed E-state index contributed by atoms with van der Waals surface area (Å²) in [5.41, 5.74) is -0.817. The van der Waals surface area contributed by atoms with Gasteiger partial charge in [-0.25, -0.2) is 0 Å². The highest BCUT2D eigenvalue weighted by molar-refractivity contribution is 6.17. The van der Waals surface area contributed by atoms with Crippen LogP contribution >= 0.6 is 11.6 Å². The largest absolute Gasteiger partial charge is 0.481 e. The summed E-state index contributed by atoms with van der Waals surface area (Å²) in [6.45, 7) is 1.48. The summed E-state index contributed by atoms with van der Waals surface area (Å²) in [7, 11) is 0. The fourth-order valence-corrected chi connectivity index (χ4v) is 1.30. The molecule has 1 atom stereocenters. The maximum atomic E-state index is 11.3. The summed E-state index contributed by atoms with van der Waals surface area (Å²) >= 11 is 5.43. The Hall–Kier alpha value is -0.810. The number of carbonyl (C=O) groups excluding carboxylic acids is 1. The SMILES string of the molecule is CC(CO)(CNC(=O)CCCCl)CC(=O)O. The van der Waals surface area contributed by atoms with Crippen LogP contribution in [0.15, 0.2) is 0 Å². The van der Waals surface area contributed by atoms with Crippen molar-refractivity contribution in [3.05, 3.63) is 0 Å². The lowest BCUT2D eigenvalue weighted by Crippen LogP contribution is -2.39. The molecule has 0 radical (unpaired) electrons. The van der Waals surface area contributed by atoms with Gasteiger partial charge in [0.25, 0.3) is 0 Å². The molecule has 0 bridgehead atoms. The topological polar surface area (TPSA) is 86.6 Å². The van der Waals surface area contributed by atoms with Gasteiger partial charge in [-0.2, -0.15) is 0 Å². The van der Waals surface area contributed by atoms with E-state index in [1.807, 2.05) is 0 Å². The molecular weight excluding hydrogens is 234 g/mol. The Morgan fingerprint density at radius 3 is 2.50 bits per heavy atom. The molecule has 0 aromatic heterocycles. The van der Waals surface area contributed by atoms with E-state index in [-0.39, 0.29) is 25.5 Å². The molecule has 0 saturated heterocycles. The summed E-state index contributed by atoms with van der Waals surface area (Å²) in [6.07, 6.45) is 0.722. The lowest BCUT2D eigenvalue weighted by molar-refractivity contribution is -0.140. The highest BCUT2D eigenvalue weighted by Gasteiger charge is 2.27. The number of alkyl halides is 1. The second kappa shape index (κ2) is 7.46. The third-order valence-electron chi connectivity index (χ3n) is 2.21. The summed E-state index contributed by atoms with van der Waals surface area (Å²) in [4.78, 5) is 21.8. The molecule has 0 fully saturated rings. The van der Waals surface area contributed by atoms with Crippen LogP contribution in [0.25, 0.3) is 0 Å². The second-order valence-corrected chi connectivity index (χ2v) is 4.49. The average molecular weight is 252 g/mol. The van der Waals surface area contributed by atoms with Gasteiger partial charge in [-0.15, -0.1) is 11.6 Å². The molecule has 0 spiro atoms.